The molecule has 1 unspecified atom stereocenters. The van der Waals surface area contributed by atoms with E-state index in [0.29, 0.717) is 0 Å². The van der Waals surface area contributed by atoms with Crippen molar-refractivity contribution in [2.24, 2.45) is 0 Å². The van der Waals surface area contributed by atoms with E-state index in [1.165, 1.54) is 6.92 Å². The molecule has 0 aromatic carbocycles. The van der Waals surface area contributed by atoms with Crippen molar-refractivity contribution in [3.05, 3.63) is 11.8 Å². The Balaban J connectivity index is 2.78. The highest BCUT2D eigenvalue weighted by molar-refractivity contribution is 7.94. The molecule has 0 saturated heterocycles. The zero-order chi connectivity index (χ0) is 13.8. The summed E-state index contributed by atoms with van der Waals surface area (Å²) in [5.74, 6) is -0.638. The number of carbonyl (C=O) groups is 1. The van der Waals surface area contributed by atoms with Gasteiger partial charge in [-0.15, -0.1) is 0 Å². The van der Waals surface area contributed by atoms with Crippen LogP contribution in [0, 0.1) is 0 Å². The number of ether oxygens (including phenoxy) is 1. The third-order valence-corrected chi connectivity index (χ3v) is 4.01. The number of rotatable bonds is 6. The first-order valence-corrected chi connectivity index (χ1v) is 7.09. The summed E-state index contributed by atoms with van der Waals surface area (Å²) in [6.45, 7) is 3.26. The fourth-order valence-corrected chi connectivity index (χ4v) is 2.26. The first-order valence-electron chi connectivity index (χ1n) is 5.54. The van der Waals surface area contributed by atoms with Crippen LogP contribution in [0.4, 0.5) is 5.82 Å². The number of hydrogen-bond acceptors (Lipinski definition) is 5. The van der Waals surface area contributed by atoms with E-state index in [1.54, 1.807) is 6.07 Å². The number of aromatic amines is 1. The van der Waals surface area contributed by atoms with E-state index < -0.39 is 21.2 Å². The minimum absolute atomic E-state index is 0.175. The van der Waals surface area contributed by atoms with Crippen molar-refractivity contribution in [1.82, 2.24) is 10.2 Å². The molecule has 0 amide bonds. The number of methoxy groups -OCH3 is 1. The Hall–Kier alpha value is -1.57. The summed E-state index contributed by atoms with van der Waals surface area (Å²) in [6.07, 6.45) is 1.70. The average molecular weight is 275 g/mol. The van der Waals surface area contributed by atoms with Gasteiger partial charge in [-0.1, -0.05) is 13.3 Å². The molecule has 1 rings (SSSR count). The minimum atomic E-state index is -3.83. The summed E-state index contributed by atoms with van der Waals surface area (Å²) in [6, 6.07) is 1.60. The van der Waals surface area contributed by atoms with Crippen LogP contribution in [0.1, 0.15) is 26.0 Å². The Kier molecular flexibility index (Phi) is 4.71. The normalized spacial score (nSPS) is 13.1. The molecular weight excluding hydrogens is 258 g/mol. The summed E-state index contributed by atoms with van der Waals surface area (Å²) >= 11 is 0. The zero-order valence-corrected chi connectivity index (χ0v) is 11.4. The fraction of sp³-hybridized carbons (Fsp3) is 0.600. The molecule has 0 fully saturated rings. The molecule has 0 saturated carbocycles. The van der Waals surface area contributed by atoms with Gasteiger partial charge in [0.1, 0.15) is 0 Å². The summed E-state index contributed by atoms with van der Waals surface area (Å²) in [5, 5.41) is 5.25. The monoisotopic (exact) mass is 275 g/mol. The third-order valence-electron chi connectivity index (χ3n) is 2.40. The summed E-state index contributed by atoms with van der Waals surface area (Å²) < 4.78 is 30.2. The summed E-state index contributed by atoms with van der Waals surface area (Å²) in [7, 11) is -2.69. The van der Waals surface area contributed by atoms with Gasteiger partial charge in [-0.05, 0) is 13.3 Å². The van der Waals surface area contributed by atoms with E-state index in [-0.39, 0.29) is 5.82 Å². The molecule has 0 bridgehead atoms. The first-order chi connectivity index (χ1) is 8.40. The van der Waals surface area contributed by atoms with Gasteiger partial charge in [-0.3, -0.25) is 14.6 Å². The number of nitrogens with zero attached hydrogens (tertiary/aromatic N) is 1. The molecule has 1 heterocycles. The lowest BCUT2D eigenvalue weighted by molar-refractivity contribution is -0.139. The maximum absolute atomic E-state index is 11.8. The van der Waals surface area contributed by atoms with Crippen LogP contribution in [0.15, 0.2) is 6.07 Å². The first kappa shape index (κ1) is 14.5. The molecule has 102 valence electrons. The highest BCUT2D eigenvalue weighted by Gasteiger charge is 2.29. The second kappa shape index (κ2) is 5.85. The van der Waals surface area contributed by atoms with E-state index in [1.807, 2.05) is 6.92 Å². The number of hydrogen-bond donors (Lipinski definition) is 2. The van der Waals surface area contributed by atoms with E-state index in [4.69, 9.17) is 0 Å². The number of nitrogens with one attached hydrogen (secondary N) is 2. The molecule has 0 aliphatic carbocycles. The highest BCUT2D eigenvalue weighted by atomic mass is 32.2. The van der Waals surface area contributed by atoms with Gasteiger partial charge in [-0.25, -0.2) is 8.42 Å². The van der Waals surface area contributed by atoms with E-state index >= 15 is 0 Å². The van der Waals surface area contributed by atoms with Crippen LogP contribution < -0.4 is 4.72 Å². The van der Waals surface area contributed by atoms with Crippen molar-refractivity contribution in [2.45, 2.75) is 31.9 Å². The lowest BCUT2D eigenvalue weighted by atomic mass is 10.2. The maximum atomic E-state index is 11.8. The molecule has 7 nitrogen and oxygen atoms in total. The summed E-state index contributed by atoms with van der Waals surface area (Å²) in [4.78, 5) is 11.2. The molecule has 1 aromatic rings. The van der Waals surface area contributed by atoms with Crippen LogP contribution in [0.2, 0.25) is 0 Å². The minimum Gasteiger partial charge on any atom is -0.468 e. The molecule has 0 radical (unpaired) electrons. The number of aryl methyl sites for hydroxylation is 1. The molecule has 0 aliphatic heterocycles. The lowest BCUT2D eigenvalue weighted by Gasteiger charge is -2.10. The van der Waals surface area contributed by atoms with Crippen LogP contribution in [-0.2, 0) is 26.0 Å². The third kappa shape index (κ3) is 3.46. The number of anilines is 1. The maximum Gasteiger partial charge on any atom is 0.325 e. The molecular formula is C10H17N3O4S. The summed E-state index contributed by atoms with van der Waals surface area (Å²) in [5.41, 5.74) is 0.834. The molecule has 1 atom stereocenters. The Morgan fingerprint density at radius 2 is 2.28 bits per heavy atom. The smallest absolute Gasteiger partial charge is 0.325 e. The van der Waals surface area contributed by atoms with Gasteiger partial charge < -0.3 is 4.74 Å². The number of esters is 1. The van der Waals surface area contributed by atoms with Crippen molar-refractivity contribution in [1.29, 1.82) is 0 Å². The zero-order valence-electron chi connectivity index (χ0n) is 10.6. The number of carbonyl (C=O) groups excluding carboxylic acids is 1. The van der Waals surface area contributed by atoms with Gasteiger partial charge in [0.15, 0.2) is 11.1 Å². The number of aromatic nitrogens is 2. The van der Waals surface area contributed by atoms with Gasteiger partial charge in [0.05, 0.1) is 7.11 Å². The second-order valence-corrected chi connectivity index (χ2v) is 5.84. The Morgan fingerprint density at radius 3 is 2.83 bits per heavy atom. The van der Waals surface area contributed by atoms with Gasteiger partial charge in [0.25, 0.3) is 0 Å². The fourth-order valence-electron chi connectivity index (χ4n) is 1.34. The molecule has 0 aliphatic rings. The second-order valence-electron chi connectivity index (χ2n) is 3.84. The number of sulfonamides is 1. The van der Waals surface area contributed by atoms with Crippen LogP contribution in [0.25, 0.3) is 0 Å². The Bertz CT molecular complexity index is 509. The SMILES string of the molecule is CCCc1cc(NS(=O)(=O)C(C)C(=O)OC)n[nH]1. The Labute approximate surface area is 106 Å². The highest BCUT2D eigenvalue weighted by Crippen LogP contribution is 2.12. The van der Waals surface area contributed by atoms with Gasteiger partial charge in [0.2, 0.25) is 10.0 Å². The molecule has 18 heavy (non-hydrogen) atoms. The topological polar surface area (TPSA) is 101 Å². The molecule has 8 heteroatoms. The lowest BCUT2D eigenvalue weighted by Crippen LogP contribution is -2.33. The van der Waals surface area contributed by atoms with Crippen LogP contribution in [-0.4, -0.2) is 36.9 Å². The van der Waals surface area contributed by atoms with Crippen LogP contribution >= 0.6 is 0 Å². The van der Waals surface area contributed by atoms with Crippen molar-refractivity contribution >= 4 is 21.8 Å². The van der Waals surface area contributed by atoms with Crippen molar-refractivity contribution in [3.63, 3.8) is 0 Å². The van der Waals surface area contributed by atoms with E-state index in [0.717, 1.165) is 25.6 Å². The largest absolute Gasteiger partial charge is 0.468 e. The predicted molar refractivity (Wildman–Crippen MR) is 66.6 cm³/mol. The van der Waals surface area contributed by atoms with E-state index in [2.05, 4.69) is 19.7 Å². The average Bonchev–Trinajstić information content (AvgIpc) is 2.74. The predicted octanol–water partition coefficient (Wildman–Crippen LogP) is 0.665. The van der Waals surface area contributed by atoms with Crippen LogP contribution in [0.3, 0.4) is 0 Å². The number of H-pyrrole nitrogens is 1. The van der Waals surface area contributed by atoms with Gasteiger partial charge in [0, 0.05) is 11.8 Å². The van der Waals surface area contributed by atoms with Gasteiger partial charge >= 0.3 is 5.97 Å². The van der Waals surface area contributed by atoms with Crippen molar-refractivity contribution in [3.8, 4) is 0 Å². The van der Waals surface area contributed by atoms with Crippen molar-refractivity contribution in [2.75, 3.05) is 11.8 Å². The quantitative estimate of drug-likeness (QED) is 0.743. The van der Waals surface area contributed by atoms with Crippen molar-refractivity contribution < 1.29 is 17.9 Å². The molecule has 0 spiro atoms. The standard InChI is InChI=1S/C10H17N3O4S/c1-4-5-8-6-9(12-11-8)13-18(15,16)7(2)10(14)17-3/h6-7H,4-5H2,1-3H3,(H2,11,12,13). The Morgan fingerprint density at radius 1 is 1.61 bits per heavy atom. The molecule has 1 aromatic heterocycles. The van der Waals surface area contributed by atoms with Crippen LogP contribution in [0.5, 0.6) is 0 Å². The van der Waals surface area contributed by atoms with Gasteiger partial charge in [-0.2, -0.15) is 5.10 Å². The molecule has 2 N–H and O–H groups in total. The van der Waals surface area contributed by atoms with E-state index in [9.17, 15) is 13.2 Å².